The van der Waals surface area contributed by atoms with Gasteiger partial charge in [0.15, 0.2) is 0 Å². The summed E-state index contributed by atoms with van der Waals surface area (Å²) >= 11 is 0. The van der Waals surface area contributed by atoms with Crippen molar-refractivity contribution in [2.24, 2.45) is 23.7 Å². The number of fused-ring (bicyclic) bond motifs is 2. The quantitative estimate of drug-likeness (QED) is 0.840. The normalized spacial score (nSPS) is 28.8. The van der Waals surface area contributed by atoms with Gasteiger partial charge in [0.05, 0.1) is 11.8 Å². The van der Waals surface area contributed by atoms with Crippen molar-refractivity contribution in [2.75, 3.05) is 5.32 Å². The van der Waals surface area contributed by atoms with Gasteiger partial charge in [-0.05, 0) is 42.7 Å². The van der Waals surface area contributed by atoms with Gasteiger partial charge in [0.1, 0.15) is 0 Å². The highest BCUT2D eigenvalue weighted by atomic mass is 16.4. The lowest BCUT2D eigenvalue weighted by molar-refractivity contribution is -0.146. The maximum atomic E-state index is 12.7. The van der Waals surface area contributed by atoms with E-state index in [2.05, 4.69) is 5.32 Å². The van der Waals surface area contributed by atoms with Crippen molar-refractivity contribution in [1.29, 1.82) is 0 Å². The fraction of sp³-hybridized carbons (Fsp3) is 0.444. The standard InChI is InChI=1S/C18H21NO3/c1-3-11-6-4-5-10(2)16(11)19-17(20)14-12-7-8-13(9-12)15(14)18(21)22/h4-8,12-15H,3,9H2,1-2H3,(H,19,20)(H,21,22). The Hall–Kier alpha value is -2.10. The smallest absolute Gasteiger partial charge is 0.307 e. The first kappa shape index (κ1) is 14.8. The zero-order chi connectivity index (χ0) is 15.9. The van der Waals surface area contributed by atoms with E-state index in [4.69, 9.17) is 0 Å². The maximum absolute atomic E-state index is 12.7. The number of carbonyl (C=O) groups excluding carboxylic acids is 1. The van der Waals surface area contributed by atoms with E-state index in [0.29, 0.717) is 0 Å². The van der Waals surface area contributed by atoms with E-state index in [0.717, 1.165) is 29.7 Å². The largest absolute Gasteiger partial charge is 0.481 e. The van der Waals surface area contributed by atoms with Crippen LogP contribution >= 0.6 is 0 Å². The molecule has 0 heterocycles. The van der Waals surface area contributed by atoms with E-state index in [1.165, 1.54) is 0 Å². The van der Waals surface area contributed by atoms with Crippen molar-refractivity contribution in [1.82, 2.24) is 0 Å². The minimum absolute atomic E-state index is 0.000709. The number of benzene rings is 1. The van der Waals surface area contributed by atoms with Gasteiger partial charge in [0, 0.05) is 5.69 Å². The summed E-state index contributed by atoms with van der Waals surface area (Å²) in [6.07, 6.45) is 5.57. The molecule has 116 valence electrons. The molecule has 4 unspecified atom stereocenters. The molecule has 1 aromatic rings. The topological polar surface area (TPSA) is 66.4 Å². The number of carboxylic acid groups (broad SMARTS) is 1. The monoisotopic (exact) mass is 299 g/mol. The summed E-state index contributed by atoms with van der Waals surface area (Å²) < 4.78 is 0. The summed E-state index contributed by atoms with van der Waals surface area (Å²) in [5.74, 6) is -2.02. The molecule has 4 heteroatoms. The van der Waals surface area contributed by atoms with E-state index >= 15 is 0 Å². The number of carboxylic acids is 1. The van der Waals surface area contributed by atoms with Crippen molar-refractivity contribution < 1.29 is 14.7 Å². The van der Waals surface area contributed by atoms with Crippen LogP contribution in [0.15, 0.2) is 30.4 Å². The Labute approximate surface area is 130 Å². The molecule has 3 rings (SSSR count). The van der Waals surface area contributed by atoms with E-state index in [9.17, 15) is 14.7 Å². The molecule has 1 aromatic carbocycles. The number of amides is 1. The van der Waals surface area contributed by atoms with Gasteiger partial charge in [-0.1, -0.05) is 37.3 Å². The molecule has 0 radical (unpaired) electrons. The third-order valence-electron chi connectivity index (χ3n) is 5.04. The van der Waals surface area contributed by atoms with Gasteiger partial charge in [-0.3, -0.25) is 9.59 Å². The summed E-state index contributed by atoms with van der Waals surface area (Å²) in [5.41, 5.74) is 2.93. The molecule has 0 aromatic heterocycles. The highest BCUT2D eigenvalue weighted by Crippen LogP contribution is 2.48. The SMILES string of the molecule is CCc1cccc(C)c1NC(=O)C1C2C=CC(C2)C1C(=O)O. The van der Waals surface area contributed by atoms with Crippen molar-refractivity contribution in [3.8, 4) is 0 Å². The van der Waals surface area contributed by atoms with E-state index < -0.39 is 17.8 Å². The second-order valence-electron chi connectivity index (χ2n) is 6.29. The molecule has 1 saturated carbocycles. The number of rotatable bonds is 4. The van der Waals surface area contributed by atoms with Gasteiger partial charge in [-0.2, -0.15) is 0 Å². The van der Waals surface area contributed by atoms with Gasteiger partial charge in [0.2, 0.25) is 5.91 Å². The van der Waals surface area contributed by atoms with Crippen LogP contribution in [-0.2, 0) is 16.0 Å². The number of carbonyl (C=O) groups is 2. The number of hydrogen-bond acceptors (Lipinski definition) is 2. The molecular weight excluding hydrogens is 278 g/mol. The number of aryl methyl sites for hydroxylation is 2. The minimum Gasteiger partial charge on any atom is -0.481 e. The molecule has 4 nitrogen and oxygen atoms in total. The molecule has 1 amide bonds. The highest BCUT2D eigenvalue weighted by molar-refractivity contribution is 5.97. The average Bonchev–Trinajstić information content (AvgIpc) is 3.09. The number of hydrogen-bond donors (Lipinski definition) is 2. The molecule has 2 bridgehead atoms. The van der Waals surface area contributed by atoms with Crippen LogP contribution in [0.4, 0.5) is 5.69 Å². The highest BCUT2D eigenvalue weighted by Gasteiger charge is 2.51. The lowest BCUT2D eigenvalue weighted by Crippen LogP contribution is -2.36. The number of nitrogens with one attached hydrogen (secondary N) is 1. The Balaban J connectivity index is 1.86. The van der Waals surface area contributed by atoms with Crippen LogP contribution in [0.5, 0.6) is 0 Å². The van der Waals surface area contributed by atoms with Crippen molar-refractivity contribution in [3.63, 3.8) is 0 Å². The van der Waals surface area contributed by atoms with Gasteiger partial charge < -0.3 is 10.4 Å². The molecule has 2 aliphatic carbocycles. The molecule has 0 aliphatic heterocycles. The Morgan fingerprint density at radius 1 is 1.23 bits per heavy atom. The third-order valence-corrected chi connectivity index (χ3v) is 5.04. The Morgan fingerprint density at radius 2 is 1.91 bits per heavy atom. The number of para-hydroxylation sites is 1. The first-order valence-electron chi connectivity index (χ1n) is 7.83. The Bertz CT molecular complexity index is 650. The second kappa shape index (κ2) is 5.59. The predicted octanol–water partition coefficient (Wildman–Crippen LogP) is 3.02. The van der Waals surface area contributed by atoms with Crippen molar-refractivity contribution in [3.05, 3.63) is 41.5 Å². The van der Waals surface area contributed by atoms with Crippen LogP contribution in [0.1, 0.15) is 24.5 Å². The average molecular weight is 299 g/mol. The summed E-state index contributed by atoms with van der Waals surface area (Å²) in [6.45, 7) is 4.01. The first-order chi connectivity index (χ1) is 10.5. The third kappa shape index (κ3) is 2.32. The van der Waals surface area contributed by atoms with Crippen LogP contribution in [0.25, 0.3) is 0 Å². The van der Waals surface area contributed by atoms with E-state index in [1.807, 2.05) is 44.2 Å². The molecule has 0 saturated heterocycles. The maximum Gasteiger partial charge on any atom is 0.307 e. The fourth-order valence-corrected chi connectivity index (χ4v) is 3.92. The molecule has 4 atom stereocenters. The first-order valence-corrected chi connectivity index (χ1v) is 7.83. The minimum atomic E-state index is -0.863. The summed E-state index contributed by atoms with van der Waals surface area (Å²) in [6, 6.07) is 5.94. The van der Waals surface area contributed by atoms with Crippen LogP contribution < -0.4 is 5.32 Å². The predicted molar refractivity (Wildman–Crippen MR) is 84.5 cm³/mol. The lowest BCUT2D eigenvalue weighted by atomic mass is 9.82. The summed E-state index contributed by atoms with van der Waals surface area (Å²) in [5, 5.41) is 12.5. The van der Waals surface area contributed by atoms with Crippen molar-refractivity contribution in [2.45, 2.75) is 26.7 Å². The summed E-state index contributed by atoms with van der Waals surface area (Å²) in [7, 11) is 0. The molecule has 1 fully saturated rings. The number of aliphatic carboxylic acids is 1. The van der Waals surface area contributed by atoms with Gasteiger partial charge >= 0.3 is 5.97 Å². The zero-order valence-corrected chi connectivity index (χ0v) is 12.9. The van der Waals surface area contributed by atoms with Crippen LogP contribution in [0.3, 0.4) is 0 Å². The molecule has 0 spiro atoms. The van der Waals surface area contributed by atoms with E-state index in [1.54, 1.807) is 0 Å². The van der Waals surface area contributed by atoms with Crippen LogP contribution in [0, 0.1) is 30.6 Å². The Kier molecular flexibility index (Phi) is 3.77. The molecular formula is C18H21NO3. The fourth-order valence-electron chi connectivity index (χ4n) is 3.92. The molecule has 22 heavy (non-hydrogen) atoms. The van der Waals surface area contributed by atoms with Crippen LogP contribution in [0.2, 0.25) is 0 Å². The number of allylic oxidation sites excluding steroid dienone is 2. The van der Waals surface area contributed by atoms with Gasteiger partial charge in [0.25, 0.3) is 0 Å². The zero-order valence-electron chi connectivity index (χ0n) is 12.9. The number of anilines is 1. The lowest BCUT2D eigenvalue weighted by Gasteiger charge is -2.25. The Morgan fingerprint density at radius 3 is 2.55 bits per heavy atom. The van der Waals surface area contributed by atoms with E-state index in [-0.39, 0.29) is 17.7 Å². The van der Waals surface area contributed by atoms with Crippen LogP contribution in [-0.4, -0.2) is 17.0 Å². The second-order valence-corrected chi connectivity index (χ2v) is 6.29. The van der Waals surface area contributed by atoms with Crippen molar-refractivity contribution >= 4 is 17.6 Å². The summed E-state index contributed by atoms with van der Waals surface area (Å²) in [4.78, 5) is 24.3. The van der Waals surface area contributed by atoms with Gasteiger partial charge in [-0.15, -0.1) is 0 Å². The van der Waals surface area contributed by atoms with Gasteiger partial charge in [-0.25, -0.2) is 0 Å². The molecule has 2 aliphatic rings. The molecule has 2 N–H and O–H groups in total.